The third kappa shape index (κ3) is 7.36. The van der Waals surface area contributed by atoms with Crippen LogP contribution in [0.5, 0.6) is 11.5 Å². The second-order valence-corrected chi connectivity index (χ2v) is 8.06. The lowest BCUT2D eigenvalue weighted by atomic mass is 10.1. The van der Waals surface area contributed by atoms with Crippen LogP contribution >= 0.6 is 30.8 Å². The van der Waals surface area contributed by atoms with Crippen molar-refractivity contribution in [3.8, 4) is 11.5 Å². The van der Waals surface area contributed by atoms with Crippen molar-refractivity contribution < 1.29 is 23.9 Å². The average Bonchev–Trinajstić information content (AvgIpc) is 2.54. The summed E-state index contributed by atoms with van der Waals surface area (Å²) in [5.41, 5.74) is 1.01. The summed E-state index contributed by atoms with van der Waals surface area (Å²) in [6.07, 6.45) is 0.512. The lowest BCUT2D eigenvalue weighted by Gasteiger charge is -2.09. The van der Waals surface area contributed by atoms with Crippen molar-refractivity contribution in [2.75, 3.05) is 12.7 Å². The molecular weight excluding hydrogens is 400 g/mol. The van der Waals surface area contributed by atoms with Gasteiger partial charge in [-0.15, -0.1) is 0 Å². The van der Waals surface area contributed by atoms with Gasteiger partial charge in [0.05, 0.1) is 10.0 Å². The molecule has 0 fully saturated rings. The fourth-order valence-electron chi connectivity index (χ4n) is 2.20. The molecule has 1 amide bonds. The standard InChI is InChI=1S/C17H18Cl2NO5P/c18-15-7-6-14(10-16(15)19)25-13-5-1-3-12(9-13)4-2-8-20-17(21)11-26(22,23)24/h1,3,5-7,9-10H,2,4,8,11H2,(H,20,21)(H2,22,23,24). The molecular formula is C17H18Cl2NO5P. The predicted molar refractivity (Wildman–Crippen MR) is 101 cm³/mol. The fraction of sp³-hybridized carbons (Fsp3) is 0.235. The molecule has 2 aromatic rings. The third-order valence-electron chi connectivity index (χ3n) is 3.34. The van der Waals surface area contributed by atoms with Crippen molar-refractivity contribution in [1.29, 1.82) is 0 Å². The molecule has 0 saturated carbocycles. The van der Waals surface area contributed by atoms with Crippen LogP contribution in [0.3, 0.4) is 0 Å². The second-order valence-electron chi connectivity index (χ2n) is 5.60. The number of amides is 1. The lowest BCUT2D eigenvalue weighted by molar-refractivity contribution is -0.118. The molecule has 0 heterocycles. The zero-order valence-electron chi connectivity index (χ0n) is 13.7. The molecule has 0 atom stereocenters. The zero-order chi connectivity index (χ0) is 19.2. The minimum Gasteiger partial charge on any atom is -0.457 e. The molecule has 0 saturated heterocycles. The molecule has 0 bridgehead atoms. The second kappa shape index (κ2) is 9.40. The molecule has 0 spiro atoms. The van der Waals surface area contributed by atoms with Gasteiger partial charge in [0.2, 0.25) is 5.91 Å². The minimum absolute atomic E-state index is 0.330. The first kappa shape index (κ1) is 20.7. The summed E-state index contributed by atoms with van der Waals surface area (Å²) < 4.78 is 16.5. The summed E-state index contributed by atoms with van der Waals surface area (Å²) in [5.74, 6) is 0.558. The first-order chi connectivity index (χ1) is 12.2. The van der Waals surface area contributed by atoms with Gasteiger partial charge in [-0.3, -0.25) is 9.36 Å². The zero-order valence-corrected chi connectivity index (χ0v) is 16.1. The highest BCUT2D eigenvalue weighted by molar-refractivity contribution is 7.52. The van der Waals surface area contributed by atoms with E-state index >= 15 is 0 Å². The smallest absolute Gasteiger partial charge is 0.334 e. The van der Waals surface area contributed by atoms with E-state index in [1.165, 1.54) is 0 Å². The summed E-state index contributed by atoms with van der Waals surface area (Å²) >= 11 is 11.8. The Bertz CT molecular complexity index is 825. The Morgan fingerprint density at radius 3 is 2.50 bits per heavy atom. The maximum absolute atomic E-state index is 11.3. The summed E-state index contributed by atoms with van der Waals surface area (Å²) in [6, 6.07) is 12.5. The lowest BCUT2D eigenvalue weighted by Crippen LogP contribution is -2.27. The van der Waals surface area contributed by atoms with Gasteiger partial charge < -0.3 is 19.8 Å². The molecule has 140 valence electrons. The molecule has 2 aromatic carbocycles. The number of carbonyl (C=O) groups is 1. The van der Waals surface area contributed by atoms with E-state index < -0.39 is 19.7 Å². The number of aryl methyl sites for hydroxylation is 1. The maximum atomic E-state index is 11.3. The number of ether oxygens (including phenoxy) is 1. The average molecular weight is 418 g/mol. The van der Waals surface area contributed by atoms with E-state index in [9.17, 15) is 9.36 Å². The van der Waals surface area contributed by atoms with Crippen LogP contribution in [-0.4, -0.2) is 28.4 Å². The number of benzene rings is 2. The van der Waals surface area contributed by atoms with E-state index in [4.69, 9.17) is 37.7 Å². The molecule has 2 rings (SSSR count). The van der Waals surface area contributed by atoms with E-state index in [1.807, 2.05) is 24.3 Å². The molecule has 0 unspecified atom stereocenters. The summed E-state index contributed by atoms with van der Waals surface area (Å²) in [5, 5.41) is 3.35. The number of nitrogens with one attached hydrogen (secondary N) is 1. The van der Waals surface area contributed by atoms with Gasteiger partial charge in [-0.05, 0) is 42.7 Å². The minimum atomic E-state index is -4.32. The Morgan fingerprint density at radius 1 is 1.08 bits per heavy atom. The number of hydrogen-bond donors (Lipinski definition) is 3. The molecule has 0 aliphatic carbocycles. The Balaban J connectivity index is 1.84. The van der Waals surface area contributed by atoms with E-state index in [1.54, 1.807) is 18.2 Å². The van der Waals surface area contributed by atoms with Crippen molar-refractivity contribution in [1.82, 2.24) is 5.32 Å². The van der Waals surface area contributed by atoms with Crippen LogP contribution < -0.4 is 10.1 Å². The van der Waals surface area contributed by atoms with Crippen LogP contribution in [0.1, 0.15) is 12.0 Å². The summed E-state index contributed by atoms with van der Waals surface area (Å²) in [6.45, 7) is 0.330. The van der Waals surface area contributed by atoms with Crippen molar-refractivity contribution in [3.05, 3.63) is 58.1 Å². The maximum Gasteiger partial charge on any atom is 0.334 e. The monoisotopic (exact) mass is 417 g/mol. The van der Waals surface area contributed by atoms with Gasteiger partial charge in [-0.2, -0.15) is 0 Å². The summed E-state index contributed by atoms with van der Waals surface area (Å²) in [4.78, 5) is 28.8. The van der Waals surface area contributed by atoms with Crippen LogP contribution in [-0.2, 0) is 15.8 Å². The molecule has 3 N–H and O–H groups in total. The van der Waals surface area contributed by atoms with Crippen LogP contribution in [0.25, 0.3) is 0 Å². The topological polar surface area (TPSA) is 95.9 Å². The normalized spacial score (nSPS) is 11.2. The first-order valence-electron chi connectivity index (χ1n) is 7.76. The third-order valence-corrected chi connectivity index (χ3v) is 4.78. The fourth-order valence-corrected chi connectivity index (χ4v) is 2.98. The molecule has 0 aliphatic rings. The SMILES string of the molecule is O=C(CP(=O)(O)O)NCCCc1cccc(Oc2ccc(Cl)c(Cl)c2)c1. The number of rotatable bonds is 8. The van der Waals surface area contributed by atoms with Crippen LogP contribution in [0.15, 0.2) is 42.5 Å². The van der Waals surface area contributed by atoms with Crippen molar-refractivity contribution >= 4 is 36.7 Å². The highest BCUT2D eigenvalue weighted by Gasteiger charge is 2.18. The molecule has 9 heteroatoms. The number of halogens is 2. The Labute approximate surface area is 161 Å². The predicted octanol–water partition coefficient (Wildman–Crippen LogP) is 4.01. The largest absolute Gasteiger partial charge is 0.457 e. The van der Waals surface area contributed by atoms with Gasteiger partial charge in [0.1, 0.15) is 17.7 Å². The van der Waals surface area contributed by atoms with Crippen molar-refractivity contribution in [2.45, 2.75) is 12.8 Å². The quantitative estimate of drug-likeness (QED) is 0.445. The van der Waals surface area contributed by atoms with Crippen LogP contribution in [0.2, 0.25) is 10.0 Å². The molecule has 6 nitrogen and oxygen atoms in total. The van der Waals surface area contributed by atoms with Gasteiger partial charge in [0, 0.05) is 12.6 Å². The van der Waals surface area contributed by atoms with E-state index in [-0.39, 0.29) is 0 Å². The van der Waals surface area contributed by atoms with Gasteiger partial charge >= 0.3 is 7.60 Å². The van der Waals surface area contributed by atoms with E-state index in [0.717, 1.165) is 5.56 Å². The Morgan fingerprint density at radius 2 is 1.81 bits per heavy atom. The van der Waals surface area contributed by atoms with Crippen LogP contribution in [0.4, 0.5) is 0 Å². The Hall–Kier alpha value is -1.56. The molecule has 0 aromatic heterocycles. The number of carbonyl (C=O) groups excluding carboxylic acids is 1. The summed E-state index contributed by atoms with van der Waals surface area (Å²) in [7, 11) is -4.32. The number of hydrogen-bond acceptors (Lipinski definition) is 3. The van der Waals surface area contributed by atoms with Gasteiger partial charge in [-0.25, -0.2) is 0 Å². The molecule has 0 aliphatic heterocycles. The molecule has 0 radical (unpaired) electrons. The molecule has 26 heavy (non-hydrogen) atoms. The van der Waals surface area contributed by atoms with Gasteiger partial charge in [0.25, 0.3) is 0 Å². The Kier molecular flexibility index (Phi) is 7.50. The highest BCUT2D eigenvalue weighted by Crippen LogP contribution is 2.33. The van der Waals surface area contributed by atoms with E-state index in [2.05, 4.69) is 5.32 Å². The van der Waals surface area contributed by atoms with Crippen molar-refractivity contribution in [3.63, 3.8) is 0 Å². The van der Waals surface area contributed by atoms with E-state index in [0.29, 0.717) is 40.9 Å². The first-order valence-corrected chi connectivity index (χ1v) is 10.3. The van der Waals surface area contributed by atoms with Gasteiger partial charge in [-0.1, -0.05) is 35.3 Å². The highest BCUT2D eigenvalue weighted by atomic mass is 35.5. The van der Waals surface area contributed by atoms with Crippen molar-refractivity contribution in [2.24, 2.45) is 0 Å². The van der Waals surface area contributed by atoms with Crippen LogP contribution in [0, 0.1) is 0 Å². The van der Waals surface area contributed by atoms with Gasteiger partial charge in [0.15, 0.2) is 0 Å².